The molecule has 3 aromatic carbocycles. The molecule has 0 aromatic heterocycles. The number of aliphatic hydroxyl groups excluding tert-OH is 1. The van der Waals surface area contributed by atoms with Crippen molar-refractivity contribution in [1.82, 2.24) is 4.90 Å². The van der Waals surface area contributed by atoms with Gasteiger partial charge in [-0.1, -0.05) is 67.3 Å². The number of carbonyl (C=O) groups is 2. The van der Waals surface area contributed by atoms with Crippen molar-refractivity contribution in [3.8, 4) is 11.5 Å². The Balaban J connectivity index is 1.76. The zero-order chi connectivity index (χ0) is 24.8. The second kappa shape index (κ2) is 10.7. The minimum atomic E-state index is -0.738. The quantitative estimate of drug-likeness (QED) is 0.208. The van der Waals surface area contributed by atoms with Crippen LogP contribution in [0.5, 0.6) is 11.5 Å². The van der Waals surface area contributed by atoms with E-state index >= 15 is 0 Å². The van der Waals surface area contributed by atoms with Gasteiger partial charge in [-0.3, -0.25) is 9.59 Å². The molecule has 4 rings (SSSR count). The Bertz CT molecular complexity index is 1250. The van der Waals surface area contributed by atoms with Crippen LogP contribution in [0, 0.1) is 0 Å². The predicted molar refractivity (Wildman–Crippen MR) is 134 cm³/mol. The molecule has 3 aromatic rings. The summed E-state index contributed by atoms with van der Waals surface area (Å²) >= 11 is 0. The van der Waals surface area contributed by atoms with E-state index in [1.54, 1.807) is 42.5 Å². The second-order valence-corrected chi connectivity index (χ2v) is 8.13. The highest BCUT2D eigenvalue weighted by Crippen LogP contribution is 2.40. The number of aliphatic hydroxyl groups is 1. The molecule has 0 bridgehead atoms. The van der Waals surface area contributed by atoms with Gasteiger partial charge in [0.25, 0.3) is 11.7 Å². The lowest BCUT2D eigenvalue weighted by molar-refractivity contribution is -0.139. The first kappa shape index (κ1) is 23.8. The van der Waals surface area contributed by atoms with Gasteiger partial charge in [0.05, 0.1) is 18.7 Å². The van der Waals surface area contributed by atoms with Gasteiger partial charge >= 0.3 is 0 Å². The number of ether oxygens (including phenoxy) is 2. The normalized spacial score (nSPS) is 16.8. The third-order valence-corrected chi connectivity index (χ3v) is 5.93. The van der Waals surface area contributed by atoms with E-state index in [4.69, 9.17) is 9.47 Å². The highest BCUT2D eigenvalue weighted by molar-refractivity contribution is 6.46. The number of amides is 1. The maximum atomic E-state index is 13.2. The van der Waals surface area contributed by atoms with E-state index < -0.39 is 17.7 Å². The van der Waals surface area contributed by atoms with Crippen molar-refractivity contribution in [2.45, 2.75) is 12.5 Å². The van der Waals surface area contributed by atoms with Gasteiger partial charge in [-0.2, -0.15) is 0 Å². The van der Waals surface area contributed by atoms with Gasteiger partial charge in [-0.05, 0) is 41.8 Å². The van der Waals surface area contributed by atoms with Crippen molar-refractivity contribution < 1.29 is 24.2 Å². The summed E-state index contributed by atoms with van der Waals surface area (Å²) in [6.07, 6.45) is 2.23. The van der Waals surface area contributed by atoms with Crippen LogP contribution < -0.4 is 9.47 Å². The predicted octanol–water partition coefficient (Wildman–Crippen LogP) is 4.92. The molecule has 0 saturated carbocycles. The minimum absolute atomic E-state index is 0.0519. The molecule has 178 valence electrons. The van der Waals surface area contributed by atoms with Crippen LogP contribution in [-0.4, -0.2) is 42.0 Å². The van der Waals surface area contributed by atoms with Crippen LogP contribution in [0.2, 0.25) is 0 Å². The molecule has 1 aliphatic rings. The number of hydrogen-bond donors (Lipinski definition) is 1. The highest BCUT2D eigenvalue weighted by Gasteiger charge is 2.45. The van der Waals surface area contributed by atoms with Crippen molar-refractivity contribution in [2.24, 2.45) is 0 Å². The van der Waals surface area contributed by atoms with Crippen molar-refractivity contribution in [1.29, 1.82) is 0 Å². The maximum absolute atomic E-state index is 13.2. The zero-order valence-corrected chi connectivity index (χ0v) is 19.5. The summed E-state index contributed by atoms with van der Waals surface area (Å²) in [7, 11) is 1.53. The standard InChI is InChI=1S/C29H27NO5/c1-3-18-35-23-14-12-21(13-15-23)26-25(27(31)22-10-7-11-24(19-22)34-2)28(32)29(33)30(26)17-16-20-8-5-4-6-9-20/h3-15,19,26,31H,1,16-18H2,2H3/b27-25+. The van der Waals surface area contributed by atoms with Gasteiger partial charge < -0.3 is 19.5 Å². The Morgan fingerprint density at radius 1 is 1.00 bits per heavy atom. The van der Waals surface area contributed by atoms with Gasteiger partial charge in [0.15, 0.2) is 0 Å². The van der Waals surface area contributed by atoms with E-state index in [0.717, 1.165) is 5.56 Å². The number of Topliss-reactive ketones (excluding diaryl/α,β-unsaturated/α-hetero) is 1. The first-order chi connectivity index (χ1) is 17.0. The number of hydrogen-bond acceptors (Lipinski definition) is 5. The Labute approximate surface area is 204 Å². The van der Waals surface area contributed by atoms with Crippen LogP contribution in [0.4, 0.5) is 0 Å². The zero-order valence-electron chi connectivity index (χ0n) is 19.5. The number of carbonyl (C=O) groups excluding carboxylic acids is 2. The molecule has 1 amide bonds. The van der Waals surface area contributed by atoms with Crippen LogP contribution in [-0.2, 0) is 16.0 Å². The second-order valence-electron chi connectivity index (χ2n) is 8.13. The number of methoxy groups -OCH3 is 1. The highest BCUT2D eigenvalue weighted by atomic mass is 16.5. The van der Waals surface area contributed by atoms with Gasteiger partial charge in [0.1, 0.15) is 23.9 Å². The molecule has 6 nitrogen and oxygen atoms in total. The van der Waals surface area contributed by atoms with E-state index in [2.05, 4.69) is 6.58 Å². The number of benzene rings is 3. The smallest absolute Gasteiger partial charge is 0.295 e. The molecule has 1 heterocycles. The van der Waals surface area contributed by atoms with E-state index in [1.807, 2.05) is 42.5 Å². The molecule has 0 radical (unpaired) electrons. The fourth-order valence-electron chi connectivity index (χ4n) is 4.18. The average Bonchev–Trinajstić information content (AvgIpc) is 3.16. The van der Waals surface area contributed by atoms with Crippen LogP contribution >= 0.6 is 0 Å². The largest absolute Gasteiger partial charge is 0.507 e. The van der Waals surface area contributed by atoms with Crippen molar-refractivity contribution in [2.75, 3.05) is 20.3 Å². The SMILES string of the molecule is C=CCOc1ccc(C2/C(=C(\O)c3cccc(OC)c3)C(=O)C(=O)N2CCc2ccccc2)cc1. The van der Waals surface area contributed by atoms with Crippen LogP contribution in [0.1, 0.15) is 22.7 Å². The number of nitrogens with zero attached hydrogens (tertiary/aromatic N) is 1. The summed E-state index contributed by atoms with van der Waals surface area (Å²) in [6, 6.07) is 23.0. The fourth-order valence-corrected chi connectivity index (χ4v) is 4.18. The topological polar surface area (TPSA) is 76.1 Å². The summed E-state index contributed by atoms with van der Waals surface area (Å²) in [5.41, 5.74) is 2.21. The van der Waals surface area contributed by atoms with Crippen molar-refractivity contribution in [3.05, 3.63) is 114 Å². The lowest BCUT2D eigenvalue weighted by Gasteiger charge is -2.25. The Morgan fingerprint density at radius 2 is 1.74 bits per heavy atom. The lowest BCUT2D eigenvalue weighted by atomic mass is 9.95. The van der Waals surface area contributed by atoms with E-state index in [9.17, 15) is 14.7 Å². The van der Waals surface area contributed by atoms with E-state index in [0.29, 0.717) is 42.2 Å². The van der Waals surface area contributed by atoms with E-state index in [-0.39, 0.29) is 11.3 Å². The van der Waals surface area contributed by atoms with Gasteiger partial charge in [0.2, 0.25) is 0 Å². The van der Waals surface area contributed by atoms with Crippen LogP contribution in [0.25, 0.3) is 5.76 Å². The molecule has 0 spiro atoms. The van der Waals surface area contributed by atoms with E-state index in [1.165, 1.54) is 12.0 Å². The Kier molecular flexibility index (Phi) is 7.31. The van der Waals surface area contributed by atoms with Crippen LogP contribution in [0.3, 0.4) is 0 Å². The third kappa shape index (κ3) is 5.11. The number of ketones is 1. The fraction of sp³-hybridized carbons (Fsp3) is 0.172. The van der Waals surface area contributed by atoms with Gasteiger partial charge in [0, 0.05) is 12.1 Å². The Morgan fingerprint density at radius 3 is 2.43 bits per heavy atom. The van der Waals surface area contributed by atoms with Crippen LogP contribution in [0.15, 0.2) is 97.1 Å². The first-order valence-electron chi connectivity index (χ1n) is 11.3. The summed E-state index contributed by atoms with van der Waals surface area (Å²) in [4.78, 5) is 27.9. The molecule has 0 aliphatic carbocycles. The summed E-state index contributed by atoms with van der Waals surface area (Å²) < 4.78 is 10.8. The number of likely N-dealkylation sites (tertiary alicyclic amines) is 1. The molecule has 1 unspecified atom stereocenters. The number of rotatable bonds is 9. The van der Waals surface area contributed by atoms with Crippen molar-refractivity contribution in [3.63, 3.8) is 0 Å². The van der Waals surface area contributed by atoms with Gasteiger partial charge in [-0.25, -0.2) is 0 Å². The van der Waals surface area contributed by atoms with Crippen molar-refractivity contribution >= 4 is 17.4 Å². The molecule has 1 atom stereocenters. The summed E-state index contributed by atoms with van der Waals surface area (Å²) in [6.45, 7) is 4.34. The Hall–Kier alpha value is -4.32. The molecule has 1 aliphatic heterocycles. The summed E-state index contributed by atoms with van der Waals surface area (Å²) in [5, 5.41) is 11.2. The molecule has 6 heteroatoms. The first-order valence-corrected chi connectivity index (χ1v) is 11.3. The molecule has 1 saturated heterocycles. The molecule has 35 heavy (non-hydrogen) atoms. The third-order valence-electron chi connectivity index (χ3n) is 5.93. The molecule has 1 fully saturated rings. The molecular weight excluding hydrogens is 442 g/mol. The monoisotopic (exact) mass is 469 g/mol. The lowest BCUT2D eigenvalue weighted by Crippen LogP contribution is -2.31. The average molecular weight is 470 g/mol. The maximum Gasteiger partial charge on any atom is 0.295 e. The molecular formula is C29H27NO5. The molecule has 1 N–H and O–H groups in total. The summed E-state index contributed by atoms with van der Waals surface area (Å²) in [5.74, 6) is -0.408. The minimum Gasteiger partial charge on any atom is -0.507 e. The van der Waals surface area contributed by atoms with Gasteiger partial charge in [-0.15, -0.1) is 0 Å².